The molecule has 2 rings (SSSR count). The second-order valence-electron chi connectivity index (χ2n) is 10.3. The second-order valence-corrected chi connectivity index (χ2v) is 12.2. The van der Waals surface area contributed by atoms with Gasteiger partial charge in [0.05, 0.1) is 19.1 Å². The summed E-state index contributed by atoms with van der Waals surface area (Å²) in [5.74, 6) is 0.0268. The van der Waals surface area contributed by atoms with Gasteiger partial charge in [0, 0.05) is 25.0 Å². The molecule has 0 spiro atoms. The van der Waals surface area contributed by atoms with Crippen molar-refractivity contribution in [1.82, 2.24) is 10.2 Å². The molecule has 1 N–H and O–H groups in total. The Morgan fingerprint density at radius 2 is 1.76 bits per heavy atom. The van der Waals surface area contributed by atoms with E-state index in [0.29, 0.717) is 24.4 Å². The number of nitrogens with one attached hydrogen (secondary N) is 1. The van der Waals surface area contributed by atoms with Crippen LogP contribution in [0.1, 0.15) is 58.1 Å². The monoisotopic (exact) mass is 531 g/mol. The number of nitrogens with zero attached hydrogens (tertiary/aromatic N) is 2. The Morgan fingerprint density at radius 3 is 2.32 bits per heavy atom. The minimum atomic E-state index is -3.61. The topological polar surface area (TPSA) is 96.0 Å². The van der Waals surface area contributed by atoms with E-state index in [0.717, 1.165) is 17.4 Å². The highest BCUT2D eigenvalue weighted by Gasteiger charge is 2.31. The van der Waals surface area contributed by atoms with Gasteiger partial charge in [0.1, 0.15) is 11.8 Å². The molecule has 37 heavy (non-hydrogen) atoms. The van der Waals surface area contributed by atoms with Crippen LogP contribution in [0.5, 0.6) is 5.75 Å². The van der Waals surface area contributed by atoms with E-state index in [-0.39, 0.29) is 31.2 Å². The minimum absolute atomic E-state index is 0.0896. The van der Waals surface area contributed by atoms with E-state index in [1.54, 1.807) is 29.2 Å². The van der Waals surface area contributed by atoms with Crippen molar-refractivity contribution in [2.45, 2.75) is 72.0 Å². The fraction of sp³-hybridized carbons (Fsp3) is 0.500. The third-order valence-electron chi connectivity index (χ3n) is 5.83. The van der Waals surface area contributed by atoms with E-state index in [4.69, 9.17) is 4.74 Å². The number of carbonyl (C=O) groups is 2. The van der Waals surface area contributed by atoms with E-state index in [2.05, 4.69) is 5.32 Å². The first-order valence-electron chi connectivity index (χ1n) is 12.5. The zero-order valence-corrected chi connectivity index (χ0v) is 23.9. The summed E-state index contributed by atoms with van der Waals surface area (Å²) in [7, 11) is -2.13. The Labute approximate surface area is 222 Å². The zero-order chi connectivity index (χ0) is 27.8. The highest BCUT2D eigenvalue weighted by Crippen LogP contribution is 2.30. The van der Waals surface area contributed by atoms with Gasteiger partial charge in [-0.2, -0.15) is 0 Å². The Hall–Kier alpha value is -3.07. The molecular formula is C28H41N3O5S. The highest BCUT2D eigenvalue weighted by molar-refractivity contribution is 7.92. The van der Waals surface area contributed by atoms with Crippen LogP contribution >= 0.6 is 0 Å². The third kappa shape index (κ3) is 9.07. The van der Waals surface area contributed by atoms with Gasteiger partial charge in [0.15, 0.2) is 0 Å². The van der Waals surface area contributed by atoms with Gasteiger partial charge >= 0.3 is 0 Å². The first-order valence-corrected chi connectivity index (χ1v) is 14.4. The van der Waals surface area contributed by atoms with E-state index in [9.17, 15) is 18.0 Å². The van der Waals surface area contributed by atoms with Crippen molar-refractivity contribution in [3.8, 4) is 5.75 Å². The maximum Gasteiger partial charge on any atom is 0.243 e. The van der Waals surface area contributed by atoms with Crippen molar-refractivity contribution in [2.24, 2.45) is 0 Å². The Morgan fingerprint density at radius 1 is 1.08 bits per heavy atom. The molecule has 204 valence electrons. The van der Waals surface area contributed by atoms with Gasteiger partial charge in [-0.3, -0.25) is 13.9 Å². The number of benzene rings is 2. The SMILES string of the molecule is CC[C@H](C(=O)NC(C)(C)C)N(Cc1cccc(C)c1)C(=O)CCCN(c1ccccc1OC)S(C)(=O)=O. The van der Waals surface area contributed by atoms with Gasteiger partial charge in [-0.25, -0.2) is 8.42 Å². The van der Waals surface area contributed by atoms with Crippen molar-refractivity contribution < 1.29 is 22.7 Å². The summed E-state index contributed by atoms with van der Waals surface area (Å²) < 4.78 is 31.8. The minimum Gasteiger partial charge on any atom is -0.495 e. The molecule has 2 aromatic carbocycles. The van der Waals surface area contributed by atoms with E-state index in [1.165, 1.54) is 11.4 Å². The number of aryl methyl sites for hydroxylation is 1. The number of methoxy groups -OCH3 is 1. The van der Waals surface area contributed by atoms with Crippen LogP contribution in [-0.4, -0.2) is 56.6 Å². The molecule has 0 aliphatic carbocycles. The Bertz CT molecular complexity index is 1170. The smallest absolute Gasteiger partial charge is 0.243 e. The number of hydrogen-bond donors (Lipinski definition) is 1. The van der Waals surface area contributed by atoms with E-state index in [1.807, 2.05) is 58.9 Å². The molecule has 0 aliphatic rings. The maximum absolute atomic E-state index is 13.5. The van der Waals surface area contributed by atoms with Gasteiger partial charge in [0.25, 0.3) is 0 Å². The standard InChI is InChI=1S/C28H41N3O5S/c1-8-23(27(33)29-28(3,4)5)30(20-22-14-11-13-21(2)19-22)26(32)17-12-18-31(37(7,34)35)24-15-9-10-16-25(24)36-6/h9-11,13-16,19,23H,8,12,17-18,20H2,1-7H3,(H,29,33)/t23-/m1/s1. The highest BCUT2D eigenvalue weighted by atomic mass is 32.2. The Kier molecular flexibility index (Phi) is 10.5. The lowest BCUT2D eigenvalue weighted by Gasteiger charge is -2.33. The van der Waals surface area contributed by atoms with Crippen molar-refractivity contribution in [1.29, 1.82) is 0 Å². The molecule has 0 heterocycles. The first-order chi connectivity index (χ1) is 17.3. The quantitative estimate of drug-likeness (QED) is 0.441. The number of hydrogen-bond acceptors (Lipinski definition) is 5. The summed E-state index contributed by atoms with van der Waals surface area (Å²) in [6.45, 7) is 9.98. The van der Waals surface area contributed by atoms with Gasteiger partial charge in [-0.05, 0) is 58.2 Å². The molecule has 9 heteroatoms. The molecule has 0 aromatic heterocycles. The summed E-state index contributed by atoms with van der Waals surface area (Å²) in [6, 6.07) is 14.1. The lowest BCUT2D eigenvalue weighted by Crippen LogP contribution is -2.53. The van der Waals surface area contributed by atoms with Crippen molar-refractivity contribution in [3.05, 3.63) is 59.7 Å². The molecule has 0 radical (unpaired) electrons. The van der Waals surface area contributed by atoms with Crippen LogP contribution in [0.25, 0.3) is 0 Å². The predicted molar refractivity (Wildman–Crippen MR) is 148 cm³/mol. The number of ether oxygens (including phenoxy) is 1. The lowest BCUT2D eigenvalue weighted by molar-refractivity contribution is -0.142. The number of carbonyl (C=O) groups excluding carboxylic acids is 2. The van der Waals surface area contributed by atoms with Gasteiger partial charge in [-0.1, -0.05) is 48.9 Å². The van der Waals surface area contributed by atoms with E-state index >= 15 is 0 Å². The number of amides is 2. The molecule has 8 nitrogen and oxygen atoms in total. The molecule has 0 saturated carbocycles. The van der Waals surface area contributed by atoms with Crippen LogP contribution < -0.4 is 14.4 Å². The molecule has 0 fully saturated rings. The van der Waals surface area contributed by atoms with Crippen LogP contribution in [0.3, 0.4) is 0 Å². The van der Waals surface area contributed by atoms with Crippen LogP contribution in [0.2, 0.25) is 0 Å². The summed E-state index contributed by atoms with van der Waals surface area (Å²) in [4.78, 5) is 28.3. The largest absolute Gasteiger partial charge is 0.495 e. The summed E-state index contributed by atoms with van der Waals surface area (Å²) >= 11 is 0. The summed E-state index contributed by atoms with van der Waals surface area (Å²) in [6.07, 6.45) is 1.96. The second kappa shape index (κ2) is 12.9. The molecule has 2 amide bonds. The van der Waals surface area contributed by atoms with Crippen molar-refractivity contribution in [3.63, 3.8) is 0 Å². The van der Waals surface area contributed by atoms with E-state index < -0.39 is 21.6 Å². The first kappa shape index (κ1) is 30.2. The van der Waals surface area contributed by atoms with Crippen LogP contribution in [-0.2, 0) is 26.2 Å². The number of anilines is 1. The number of para-hydroxylation sites is 2. The van der Waals surface area contributed by atoms with Crippen LogP contribution in [0.15, 0.2) is 48.5 Å². The van der Waals surface area contributed by atoms with Gasteiger partial charge in [0.2, 0.25) is 21.8 Å². The maximum atomic E-state index is 13.5. The number of sulfonamides is 1. The van der Waals surface area contributed by atoms with Crippen LogP contribution in [0, 0.1) is 6.92 Å². The zero-order valence-electron chi connectivity index (χ0n) is 23.1. The molecular weight excluding hydrogens is 490 g/mol. The van der Waals surface area contributed by atoms with Crippen molar-refractivity contribution in [2.75, 3.05) is 24.2 Å². The molecule has 0 saturated heterocycles. The average molecular weight is 532 g/mol. The van der Waals surface area contributed by atoms with Gasteiger partial charge < -0.3 is 15.0 Å². The average Bonchev–Trinajstić information content (AvgIpc) is 2.79. The summed E-state index contributed by atoms with van der Waals surface area (Å²) in [5, 5.41) is 3.00. The Balaban J connectivity index is 2.27. The predicted octanol–water partition coefficient (Wildman–Crippen LogP) is 4.27. The van der Waals surface area contributed by atoms with Crippen molar-refractivity contribution >= 4 is 27.5 Å². The normalized spacial score (nSPS) is 12.5. The molecule has 2 aromatic rings. The van der Waals surface area contributed by atoms with Gasteiger partial charge in [-0.15, -0.1) is 0 Å². The fourth-order valence-electron chi connectivity index (χ4n) is 4.20. The fourth-order valence-corrected chi connectivity index (χ4v) is 5.17. The van der Waals surface area contributed by atoms with Crippen LogP contribution in [0.4, 0.5) is 5.69 Å². The molecule has 0 bridgehead atoms. The summed E-state index contributed by atoms with van der Waals surface area (Å²) in [5.41, 5.74) is 1.99. The number of rotatable bonds is 12. The molecule has 1 atom stereocenters. The molecule has 0 aliphatic heterocycles. The molecule has 0 unspecified atom stereocenters. The third-order valence-corrected chi connectivity index (χ3v) is 7.01. The lowest BCUT2D eigenvalue weighted by atomic mass is 10.0.